The van der Waals surface area contributed by atoms with E-state index in [1.165, 1.54) is 4.90 Å². The summed E-state index contributed by atoms with van der Waals surface area (Å²) in [5.74, 6) is -0.177. The molecule has 2 atom stereocenters. The maximum Gasteiger partial charge on any atom is 0.410 e. The number of carbonyl (C=O) groups is 2. The fourth-order valence-corrected chi connectivity index (χ4v) is 3.37. The normalized spacial score (nSPS) is 23.8. The number of ether oxygens (including phenoxy) is 1. The van der Waals surface area contributed by atoms with Crippen LogP contribution < -0.4 is 0 Å². The number of amides is 2. The first-order chi connectivity index (χ1) is 11.6. The number of likely N-dealkylation sites (N-methyl/N-ethyl adjacent to an activating group) is 1. The summed E-state index contributed by atoms with van der Waals surface area (Å²) in [5.41, 5.74) is 1.47. The van der Waals surface area contributed by atoms with Crippen LogP contribution in [0.5, 0.6) is 0 Å². The van der Waals surface area contributed by atoms with E-state index in [0.717, 1.165) is 11.3 Å². The van der Waals surface area contributed by atoms with Crippen molar-refractivity contribution in [1.29, 1.82) is 0 Å². The summed E-state index contributed by atoms with van der Waals surface area (Å²) in [6, 6.07) is -0.0701. The standard InChI is InChI=1S/C17H26N4O4/c1-10-6-13-12(9-20(10)16(24)25-17(2,3)4)14-15(23)19(5)7-11(22)8-21(14)18-13/h10-11,22H,6-9H2,1-5H3/t10-,11-/m1/s1. The van der Waals surface area contributed by atoms with Crippen molar-refractivity contribution in [3.05, 3.63) is 17.0 Å². The molecule has 8 heteroatoms. The maximum atomic E-state index is 12.7. The van der Waals surface area contributed by atoms with Crippen LogP contribution in [0.1, 0.15) is 49.4 Å². The predicted molar refractivity (Wildman–Crippen MR) is 90.1 cm³/mol. The first-order valence-corrected chi connectivity index (χ1v) is 8.58. The van der Waals surface area contributed by atoms with E-state index in [2.05, 4.69) is 5.10 Å². The van der Waals surface area contributed by atoms with Crippen molar-refractivity contribution in [2.45, 2.75) is 65.0 Å². The van der Waals surface area contributed by atoms with E-state index >= 15 is 0 Å². The van der Waals surface area contributed by atoms with Crippen molar-refractivity contribution in [1.82, 2.24) is 19.6 Å². The van der Waals surface area contributed by atoms with E-state index in [-0.39, 0.29) is 37.7 Å². The van der Waals surface area contributed by atoms with Crippen LogP contribution in [-0.2, 0) is 24.2 Å². The Kier molecular flexibility index (Phi) is 4.26. The summed E-state index contributed by atoms with van der Waals surface area (Å²) in [4.78, 5) is 28.4. The molecule has 0 radical (unpaired) electrons. The molecule has 1 aromatic rings. The van der Waals surface area contributed by atoms with E-state index < -0.39 is 11.7 Å². The molecular formula is C17H26N4O4. The van der Waals surface area contributed by atoms with E-state index in [9.17, 15) is 14.7 Å². The number of carbonyl (C=O) groups excluding carboxylic acids is 2. The van der Waals surface area contributed by atoms with Gasteiger partial charge in [-0.15, -0.1) is 0 Å². The van der Waals surface area contributed by atoms with Crippen LogP contribution in [0.2, 0.25) is 0 Å². The molecular weight excluding hydrogens is 324 g/mol. The minimum Gasteiger partial charge on any atom is -0.444 e. The predicted octanol–water partition coefficient (Wildman–Crippen LogP) is 1.01. The van der Waals surface area contributed by atoms with Gasteiger partial charge in [0.05, 0.1) is 24.9 Å². The number of fused-ring (bicyclic) bond motifs is 3. The Balaban J connectivity index is 1.95. The van der Waals surface area contributed by atoms with E-state index in [4.69, 9.17) is 4.74 Å². The van der Waals surface area contributed by atoms with Gasteiger partial charge < -0.3 is 19.6 Å². The second-order valence-corrected chi connectivity index (χ2v) is 7.96. The summed E-state index contributed by atoms with van der Waals surface area (Å²) in [6.45, 7) is 8.27. The fraction of sp³-hybridized carbons (Fsp3) is 0.706. The van der Waals surface area contributed by atoms with Gasteiger partial charge in [0.25, 0.3) is 5.91 Å². The van der Waals surface area contributed by atoms with Crippen molar-refractivity contribution in [2.24, 2.45) is 0 Å². The van der Waals surface area contributed by atoms with Crippen LogP contribution in [0, 0.1) is 0 Å². The molecule has 1 aromatic heterocycles. The smallest absolute Gasteiger partial charge is 0.410 e. The lowest BCUT2D eigenvalue weighted by Gasteiger charge is -2.34. The number of hydrogen-bond acceptors (Lipinski definition) is 5. The molecule has 8 nitrogen and oxygen atoms in total. The number of aliphatic hydroxyl groups is 1. The van der Waals surface area contributed by atoms with Crippen LogP contribution in [0.15, 0.2) is 0 Å². The third-order valence-electron chi connectivity index (χ3n) is 4.53. The molecule has 0 saturated heterocycles. The summed E-state index contributed by atoms with van der Waals surface area (Å²) in [5, 5.41) is 14.6. The van der Waals surface area contributed by atoms with Crippen molar-refractivity contribution >= 4 is 12.0 Å². The number of nitrogens with zero attached hydrogens (tertiary/aromatic N) is 4. The van der Waals surface area contributed by atoms with Gasteiger partial charge in [0, 0.05) is 31.6 Å². The molecule has 0 bridgehead atoms. The van der Waals surface area contributed by atoms with Crippen LogP contribution in [0.3, 0.4) is 0 Å². The Labute approximate surface area is 147 Å². The lowest BCUT2D eigenvalue weighted by molar-refractivity contribution is 0.0136. The van der Waals surface area contributed by atoms with E-state index in [1.54, 1.807) is 16.6 Å². The van der Waals surface area contributed by atoms with Gasteiger partial charge in [-0.2, -0.15) is 5.10 Å². The SMILES string of the molecule is C[C@@H]1Cc2nn3c(c2CN1C(=O)OC(C)(C)C)C(=O)N(C)C[C@@H](O)C3. The van der Waals surface area contributed by atoms with Crippen LogP contribution in [0.4, 0.5) is 4.79 Å². The van der Waals surface area contributed by atoms with Gasteiger partial charge >= 0.3 is 6.09 Å². The fourth-order valence-electron chi connectivity index (χ4n) is 3.37. The summed E-state index contributed by atoms with van der Waals surface area (Å²) < 4.78 is 7.09. The highest BCUT2D eigenvalue weighted by Crippen LogP contribution is 2.29. The Morgan fingerprint density at radius 1 is 1.32 bits per heavy atom. The Morgan fingerprint density at radius 3 is 2.64 bits per heavy atom. The van der Waals surface area contributed by atoms with Crippen molar-refractivity contribution in [3.8, 4) is 0 Å². The Hall–Kier alpha value is -2.09. The van der Waals surface area contributed by atoms with Gasteiger partial charge in [-0.3, -0.25) is 9.48 Å². The van der Waals surface area contributed by atoms with Crippen molar-refractivity contribution < 1.29 is 19.4 Å². The topological polar surface area (TPSA) is 87.9 Å². The molecule has 2 aliphatic rings. The van der Waals surface area contributed by atoms with E-state index in [0.29, 0.717) is 12.1 Å². The quantitative estimate of drug-likeness (QED) is 0.754. The lowest BCUT2D eigenvalue weighted by atomic mass is 9.99. The number of hydrogen-bond donors (Lipinski definition) is 1. The van der Waals surface area contributed by atoms with Crippen LogP contribution in [-0.4, -0.2) is 68.0 Å². The highest BCUT2D eigenvalue weighted by molar-refractivity contribution is 5.94. The molecule has 0 unspecified atom stereocenters. The molecule has 3 rings (SSSR count). The van der Waals surface area contributed by atoms with Crippen LogP contribution in [0.25, 0.3) is 0 Å². The first-order valence-electron chi connectivity index (χ1n) is 8.58. The molecule has 25 heavy (non-hydrogen) atoms. The Bertz CT molecular complexity index is 706. The molecule has 3 heterocycles. The average Bonchev–Trinajstić information content (AvgIpc) is 2.74. The lowest BCUT2D eigenvalue weighted by Crippen LogP contribution is -2.45. The maximum absolute atomic E-state index is 12.7. The Morgan fingerprint density at radius 2 is 2.00 bits per heavy atom. The highest BCUT2D eigenvalue weighted by Gasteiger charge is 2.37. The second-order valence-electron chi connectivity index (χ2n) is 7.96. The van der Waals surface area contributed by atoms with Gasteiger partial charge in [-0.1, -0.05) is 0 Å². The zero-order valence-electron chi connectivity index (χ0n) is 15.4. The van der Waals surface area contributed by atoms with Crippen molar-refractivity contribution in [3.63, 3.8) is 0 Å². The zero-order valence-corrected chi connectivity index (χ0v) is 15.4. The molecule has 2 amide bonds. The first kappa shape index (κ1) is 17.7. The van der Waals surface area contributed by atoms with Gasteiger partial charge in [0.15, 0.2) is 0 Å². The molecule has 0 aliphatic carbocycles. The minimum absolute atomic E-state index is 0.0701. The monoisotopic (exact) mass is 350 g/mol. The summed E-state index contributed by atoms with van der Waals surface area (Å²) in [6.07, 6.45) is -0.488. The number of aliphatic hydroxyl groups excluding tert-OH is 1. The second kappa shape index (κ2) is 6.01. The number of β-amino-alcohol motifs (C(OH)–C–C–N with tert-alkyl or cyclic N) is 1. The van der Waals surface area contributed by atoms with Gasteiger partial charge in [-0.25, -0.2) is 4.79 Å². The summed E-state index contributed by atoms with van der Waals surface area (Å²) in [7, 11) is 1.66. The largest absolute Gasteiger partial charge is 0.444 e. The molecule has 1 N–H and O–H groups in total. The third kappa shape index (κ3) is 3.35. The third-order valence-corrected chi connectivity index (χ3v) is 4.53. The number of aromatic nitrogens is 2. The summed E-state index contributed by atoms with van der Waals surface area (Å²) >= 11 is 0. The zero-order chi connectivity index (χ0) is 18.5. The highest BCUT2D eigenvalue weighted by atomic mass is 16.6. The molecule has 0 spiro atoms. The number of rotatable bonds is 0. The van der Waals surface area contributed by atoms with Gasteiger partial charge in [0.1, 0.15) is 11.3 Å². The molecule has 0 aromatic carbocycles. The molecule has 138 valence electrons. The molecule has 2 aliphatic heterocycles. The average molecular weight is 350 g/mol. The molecule has 0 saturated carbocycles. The van der Waals surface area contributed by atoms with E-state index in [1.807, 2.05) is 27.7 Å². The van der Waals surface area contributed by atoms with Crippen molar-refractivity contribution in [2.75, 3.05) is 13.6 Å². The van der Waals surface area contributed by atoms with Gasteiger partial charge in [0.2, 0.25) is 0 Å². The minimum atomic E-state index is -0.657. The van der Waals surface area contributed by atoms with Gasteiger partial charge in [-0.05, 0) is 27.7 Å². The molecule has 0 fully saturated rings. The van der Waals surface area contributed by atoms with Crippen LogP contribution >= 0.6 is 0 Å².